The minimum Gasteiger partial charge on any atom is -1.00 e. The first kappa shape index (κ1) is 23.8. The first-order valence-corrected chi connectivity index (χ1v) is 18.4. The van der Waals surface area contributed by atoms with Crippen molar-refractivity contribution in [1.29, 1.82) is 0 Å². The van der Waals surface area contributed by atoms with E-state index < -0.39 is 24.1 Å². The quantitative estimate of drug-likeness (QED) is 0.600. The van der Waals surface area contributed by atoms with Crippen LogP contribution in [0.15, 0.2) is 38.5 Å². The van der Waals surface area contributed by atoms with Crippen molar-refractivity contribution >= 4 is 20.6 Å². The molecule has 0 saturated carbocycles. The van der Waals surface area contributed by atoms with Crippen LogP contribution in [0.25, 0.3) is 0 Å². The van der Waals surface area contributed by atoms with E-state index in [0.29, 0.717) is 5.04 Å². The summed E-state index contributed by atoms with van der Waals surface area (Å²) >= 11 is -2.79. The molecule has 2 atom stereocenters. The van der Waals surface area contributed by atoms with Crippen LogP contribution in [0, 0.1) is 0 Å². The molecular weight excluding hydrogens is 394 g/mol. The number of hydrogen-bond donors (Lipinski definition) is 0. The molecule has 2 rings (SSSR count). The summed E-state index contributed by atoms with van der Waals surface area (Å²) in [6, 6.07) is 4.73. The molecule has 131 valence electrons. The predicted octanol–water partition coefficient (Wildman–Crippen LogP) is 0.0561. The van der Waals surface area contributed by atoms with Crippen LogP contribution < -0.4 is 28.4 Å². The van der Waals surface area contributed by atoms with Gasteiger partial charge >= 0.3 is 136 Å². The van der Waals surface area contributed by atoms with Gasteiger partial charge in [-0.25, -0.2) is 0 Å². The van der Waals surface area contributed by atoms with E-state index in [-0.39, 0.29) is 24.8 Å². The van der Waals surface area contributed by atoms with E-state index in [1.807, 2.05) is 3.88 Å². The van der Waals surface area contributed by atoms with Crippen LogP contribution in [0.5, 0.6) is 0 Å². The molecule has 0 N–H and O–H groups in total. The first-order chi connectivity index (χ1) is 9.43. The Morgan fingerprint density at radius 2 is 1.52 bits per heavy atom. The van der Waals surface area contributed by atoms with Gasteiger partial charge in [-0.3, -0.25) is 0 Å². The van der Waals surface area contributed by atoms with E-state index >= 15 is 0 Å². The molecule has 2 unspecified atom stereocenters. The molecule has 0 radical (unpaired) electrons. The molecule has 1 heterocycles. The maximum atomic E-state index is 2.66. The van der Waals surface area contributed by atoms with Crippen molar-refractivity contribution in [3.8, 4) is 0 Å². The Morgan fingerprint density at radius 3 is 1.91 bits per heavy atom. The van der Waals surface area contributed by atoms with E-state index in [1.54, 1.807) is 20.3 Å². The fourth-order valence-corrected chi connectivity index (χ4v) is 21.3. The second kappa shape index (κ2) is 7.18. The molecule has 0 saturated heterocycles. The third kappa shape index (κ3) is 3.40. The summed E-state index contributed by atoms with van der Waals surface area (Å²) in [5.41, 5.74) is 4.90. The van der Waals surface area contributed by atoms with Crippen molar-refractivity contribution < 1.29 is 40.1 Å². The van der Waals surface area contributed by atoms with Crippen LogP contribution in [-0.2, 0) is 15.3 Å². The molecule has 1 aliphatic rings. The molecule has 0 bridgehead atoms. The van der Waals surface area contributed by atoms with Gasteiger partial charge in [-0.1, -0.05) is 0 Å². The Hall–Kier alpha value is 0.771. The molecular formula is C18H32Cl2PSiTi. The SMILES string of the molecule is CC1=C(C)C(C)([SiH](C)C)[C]([Ti+2]([CH3])([CH3])([CH3])[c]2ccc[pH]2)=C1C.[Cl-].[Cl-]. The van der Waals surface area contributed by atoms with Crippen LogP contribution in [0.2, 0.25) is 33.8 Å². The molecule has 1 aromatic rings. The molecule has 5 heteroatoms. The van der Waals surface area contributed by atoms with Crippen molar-refractivity contribution in [2.45, 2.75) is 61.5 Å². The van der Waals surface area contributed by atoms with Gasteiger partial charge in [0.1, 0.15) is 0 Å². The minimum atomic E-state index is -2.79. The van der Waals surface area contributed by atoms with Gasteiger partial charge in [-0.05, 0) is 0 Å². The molecule has 1 aliphatic carbocycles. The standard InChI is InChI=1S/C11H19Si.C4H4P.3CH3.2ClH.Ti/c1-8-7-11(4,12(5)6)10(3)9(8)2;1-2-4-5-3-1;;;;;;/h12H,1-6H3;1-3,5H;3*1H3;2*1H;/q;;;;;;;+2/p-2. The van der Waals surface area contributed by atoms with E-state index in [4.69, 9.17) is 0 Å². The summed E-state index contributed by atoms with van der Waals surface area (Å²) in [5, 5.41) is 8.35. The van der Waals surface area contributed by atoms with E-state index in [1.165, 1.54) is 0 Å². The van der Waals surface area contributed by atoms with Gasteiger partial charge in [0.2, 0.25) is 0 Å². The Morgan fingerprint density at radius 1 is 1.00 bits per heavy atom. The third-order valence-corrected chi connectivity index (χ3v) is 22.3. The van der Waals surface area contributed by atoms with Gasteiger partial charge in [0, 0.05) is 0 Å². The molecule has 0 aliphatic heterocycles. The van der Waals surface area contributed by atoms with Crippen molar-refractivity contribution in [1.82, 2.24) is 0 Å². The largest absolute Gasteiger partial charge is 1.00 e. The first-order valence-electron chi connectivity index (χ1n) is 8.19. The second-order valence-electron chi connectivity index (χ2n) is 8.82. The fourth-order valence-electron chi connectivity index (χ4n) is 4.73. The maximum Gasteiger partial charge on any atom is -1.00 e. The van der Waals surface area contributed by atoms with Gasteiger partial charge in [0.15, 0.2) is 0 Å². The van der Waals surface area contributed by atoms with Gasteiger partial charge in [-0.15, -0.1) is 0 Å². The van der Waals surface area contributed by atoms with Crippen LogP contribution in [0.1, 0.15) is 27.7 Å². The number of allylic oxidation sites excluding steroid dienone is 4. The molecule has 0 nitrogen and oxygen atoms in total. The second-order valence-corrected chi connectivity index (χ2v) is 25.6. The normalized spacial score (nSPS) is 22.7. The zero-order chi connectivity index (χ0) is 16.2. The van der Waals surface area contributed by atoms with Crippen molar-refractivity contribution in [3.05, 3.63) is 38.5 Å². The Kier molecular flexibility index (Phi) is 7.42. The zero-order valence-electron chi connectivity index (χ0n) is 16.1. The van der Waals surface area contributed by atoms with Gasteiger partial charge < -0.3 is 24.8 Å². The number of rotatable bonds is 3. The summed E-state index contributed by atoms with van der Waals surface area (Å²) < 4.78 is 3.67. The summed E-state index contributed by atoms with van der Waals surface area (Å²) in [6.45, 7) is 14.8. The number of hydrogen-bond acceptors (Lipinski definition) is 0. The molecule has 0 aromatic carbocycles. The summed E-state index contributed by atoms with van der Waals surface area (Å²) in [7, 11) is 0.0915. The predicted molar refractivity (Wildman–Crippen MR) is 101 cm³/mol. The Balaban J connectivity index is 0.00000242. The molecule has 1 aromatic heterocycles. The average Bonchev–Trinajstić information content (AvgIpc) is 2.94. The summed E-state index contributed by atoms with van der Waals surface area (Å²) in [6.07, 6.45) is 0. The third-order valence-electron chi connectivity index (χ3n) is 6.37. The smallest absolute Gasteiger partial charge is 1.00 e. The van der Waals surface area contributed by atoms with Gasteiger partial charge in [-0.2, -0.15) is 0 Å². The monoisotopic (exact) mass is 425 g/mol. The van der Waals surface area contributed by atoms with Gasteiger partial charge in [0.25, 0.3) is 0 Å². The molecule has 0 amide bonds. The fraction of sp³-hybridized carbons (Fsp3) is 0.556. The minimum absolute atomic E-state index is 0. The number of halogens is 2. The van der Waals surface area contributed by atoms with E-state index in [2.05, 4.69) is 74.4 Å². The van der Waals surface area contributed by atoms with Crippen LogP contribution in [0.3, 0.4) is 0 Å². The molecule has 0 spiro atoms. The summed E-state index contributed by atoms with van der Waals surface area (Å²) in [5.74, 6) is 2.37. The van der Waals surface area contributed by atoms with Crippen LogP contribution in [0.4, 0.5) is 0 Å². The Labute approximate surface area is 160 Å². The van der Waals surface area contributed by atoms with Crippen LogP contribution in [-0.4, -0.2) is 8.80 Å². The topological polar surface area (TPSA) is 0 Å². The molecule has 23 heavy (non-hydrogen) atoms. The zero-order valence-corrected chi connectivity index (χ0v) is 21.3. The van der Waals surface area contributed by atoms with Crippen molar-refractivity contribution in [2.24, 2.45) is 0 Å². The Bertz CT molecular complexity index is 636. The van der Waals surface area contributed by atoms with Crippen molar-refractivity contribution in [2.75, 3.05) is 0 Å². The molecule has 0 fully saturated rings. The van der Waals surface area contributed by atoms with E-state index in [0.717, 1.165) is 8.19 Å². The van der Waals surface area contributed by atoms with Crippen molar-refractivity contribution in [3.63, 3.8) is 0 Å². The van der Waals surface area contributed by atoms with Crippen LogP contribution >= 0.6 is 8.19 Å². The van der Waals surface area contributed by atoms with E-state index in [9.17, 15) is 0 Å². The maximum absolute atomic E-state index is 2.79. The summed E-state index contributed by atoms with van der Waals surface area (Å²) in [4.78, 5) is 0. The van der Waals surface area contributed by atoms with Gasteiger partial charge in [0.05, 0.1) is 0 Å². The average molecular weight is 426 g/mol.